The summed E-state index contributed by atoms with van der Waals surface area (Å²) in [4.78, 5) is 36.6. The van der Waals surface area contributed by atoms with E-state index >= 15 is 0 Å². The maximum atomic E-state index is 12.8. The number of rotatable bonds is 11. The minimum Gasteiger partial charge on any atom is -0.494 e. The van der Waals surface area contributed by atoms with Gasteiger partial charge in [0, 0.05) is 12.8 Å². The lowest BCUT2D eigenvalue weighted by Gasteiger charge is -2.24. The van der Waals surface area contributed by atoms with Crippen molar-refractivity contribution in [2.45, 2.75) is 58.3 Å². The Hall–Kier alpha value is -4.08. The van der Waals surface area contributed by atoms with E-state index < -0.39 is 23.7 Å². The molecule has 2 amide bonds. The number of ether oxygens (including phenoxy) is 3. The van der Waals surface area contributed by atoms with E-state index in [1.807, 2.05) is 30.3 Å². The van der Waals surface area contributed by atoms with Crippen molar-refractivity contribution in [2.75, 3.05) is 6.61 Å². The Labute approximate surface area is 211 Å². The summed E-state index contributed by atoms with van der Waals surface area (Å²) >= 11 is 0. The molecule has 0 heterocycles. The summed E-state index contributed by atoms with van der Waals surface area (Å²) in [5, 5.41) is 11.8. The molecule has 5 N–H and O–H groups in total. The third-order valence-electron chi connectivity index (χ3n) is 4.65. The highest BCUT2D eigenvalue weighted by Crippen LogP contribution is 2.16. The second kappa shape index (κ2) is 13.7. The number of esters is 1. The van der Waals surface area contributed by atoms with E-state index in [4.69, 9.17) is 25.4 Å². The Bertz CT molecular complexity index is 1020. The molecule has 0 aliphatic heterocycles. The normalized spacial score (nSPS) is 11.6. The van der Waals surface area contributed by atoms with Crippen LogP contribution in [0.25, 0.3) is 0 Å². The summed E-state index contributed by atoms with van der Waals surface area (Å²) in [6.07, 6.45) is 0.113. The molecule has 0 unspecified atom stereocenters. The van der Waals surface area contributed by atoms with E-state index in [1.54, 1.807) is 45.0 Å². The van der Waals surface area contributed by atoms with E-state index in [1.165, 1.54) is 0 Å². The van der Waals surface area contributed by atoms with Gasteiger partial charge in [0.2, 0.25) is 5.91 Å². The number of hydrogen-bond acceptors (Lipinski definition) is 7. The lowest BCUT2D eigenvalue weighted by Crippen LogP contribution is -2.45. The molecule has 0 aliphatic carbocycles. The average Bonchev–Trinajstić information content (AvgIpc) is 2.80. The third kappa shape index (κ3) is 11.4. The van der Waals surface area contributed by atoms with Crippen molar-refractivity contribution in [1.82, 2.24) is 10.6 Å². The van der Waals surface area contributed by atoms with Crippen LogP contribution in [0.15, 0.2) is 54.6 Å². The van der Waals surface area contributed by atoms with Crippen LogP contribution in [0.1, 0.15) is 44.7 Å². The fourth-order valence-electron chi connectivity index (χ4n) is 3.07. The SMILES string of the molecule is CC(C)(C)OC(=O)[C@H](Cc1ccc(OCCCC(=O)NC(=N)N)cc1)NC(=O)OCc1ccccc1. The summed E-state index contributed by atoms with van der Waals surface area (Å²) in [6, 6.07) is 15.3. The standard InChI is InChI=1S/C26H34N4O6/c1-26(2,3)36-23(32)21(29-25(33)35-17-19-8-5-4-6-9-19)16-18-11-13-20(14-12-18)34-15-7-10-22(31)30-24(27)28/h4-6,8-9,11-14,21H,7,10,15-17H2,1-3H3,(H,29,33)(H4,27,28,30,31)/t21-/m0/s1. The van der Waals surface area contributed by atoms with Gasteiger partial charge in [0.25, 0.3) is 0 Å². The van der Waals surface area contributed by atoms with Crippen molar-refractivity contribution in [3.8, 4) is 5.75 Å². The topological polar surface area (TPSA) is 153 Å². The zero-order chi connectivity index (χ0) is 26.6. The van der Waals surface area contributed by atoms with Gasteiger partial charge in [0.15, 0.2) is 5.96 Å². The Kier molecular flexibility index (Phi) is 10.7. The van der Waals surface area contributed by atoms with Crippen LogP contribution in [-0.4, -0.2) is 42.2 Å². The second-order valence-electron chi connectivity index (χ2n) is 9.05. The number of carbonyl (C=O) groups is 3. The molecule has 0 radical (unpaired) electrons. The largest absolute Gasteiger partial charge is 0.494 e. The summed E-state index contributed by atoms with van der Waals surface area (Å²) in [5.41, 5.74) is 6.00. The van der Waals surface area contributed by atoms with Crippen LogP contribution in [0.2, 0.25) is 0 Å². The lowest BCUT2D eigenvalue weighted by atomic mass is 10.1. The van der Waals surface area contributed by atoms with Gasteiger partial charge in [-0.2, -0.15) is 0 Å². The molecule has 194 valence electrons. The van der Waals surface area contributed by atoms with Gasteiger partial charge in [-0.1, -0.05) is 42.5 Å². The van der Waals surface area contributed by atoms with Crippen LogP contribution < -0.4 is 21.1 Å². The Balaban J connectivity index is 1.92. The summed E-state index contributed by atoms with van der Waals surface area (Å²) < 4.78 is 16.4. The summed E-state index contributed by atoms with van der Waals surface area (Å²) in [6.45, 7) is 5.65. The van der Waals surface area contributed by atoms with E-state index in [0.29, 0.717) is 18.8 Å². The predicted octanol–water partition coefficient (Wildman–Crippen LogP) is 3.03. The average molecular weight is 499 g/mol. The smallest absolute Gasteiger partial charge is 0.408 e. The van der Waals surface area contributed by atoms with Gasteiger partial charge in [-0.15, -0.1) is 0 Å². The van der Waals surface area contributed by atoms with Gasteiger partial charge in [0.05, 0.1) is 6.61 Å². The summed E-state index contributed by atoms with van der Waals surface area (Å²) in [7, 11) is 0. The number of guanidine groups is 1. The number of benzene rings is 2. The first-order chi connectivity index (χ1) is 17.0. The number of nitrogens with one attached hydrogen (secondary N) is 3. The molecular weight excluding hydrogens is 464 g/mol. The molecule has 1 atom stereocenters. The van der Waals surface area contributed by atoms with Crippen LogP contribution in [0.4, 0.5) is 4.79 Å². The van der Waals surface area contributed by atoms with Crippen molar-refractivity contribution in [1.29, 1.82) is 5.41 Å². The Morgan fingerprint density at radius 1 is 1.00 bits per heavy atom. The Morgan fingerprint density at radius 3 is 2.28 bits per heavy atom. The molecule has 2 aromatic carbocycles. The first-order valence-electron chi connectivity index (χ1n) is 11.6. The van der Waals surface area contributed by atoms with Crippen molar-refractivity contribution in [3.05, 3.63) is 65.7 Å². The molecule has 0 saturated carbocycles. The molecular formula is C26H34N4O6. The third-order valence-corrected chi connectivity index (χ3v) is 4.65. The second-order valence-corrected chi connectivity index (χ2v) is 9.05. The minimum absolute atomic E-state index is 0.0795. The van der Waals surface area contributed by atoms with Gasteiger partial charge in [-0.25, -0.2) is 9.59 Å². The van der Waals surface area contributed by atoms with Gasteiger partial charge in [-0.3, -0.25) is 15.5 Å². The van der Waals surface area contributed by atoms with Crippen LogP contribution in [0.3, 0.4) is 0 Å². The van der Waals surface area contributed by atoms with Crippen LogP contribution in [0, 0.1) is 5.41 Å². The highest BCUT2D eigenvalue weighted by molar-refractivity contribution is 5.94. The van der Waals surface area contributed by atoms with Crippen molar-refractivity contribution < 1.29 is 28.6 Å². The molecule has 0 fully saturated rings. The fourth-order valence-corrected chi connectivity index (χ4v) is 3.07. The van der Waals surface area contributed by atoms with Crippen molar-refractivity contribution >= 4 is 23.9 Å². The predicted molar refractivity (Wildman–Crippen MR) is 134 cm³/mol. The van der Waals surface area contributed by atoms with Gasteiger partial charge < -0.3 is 25.3 Å². The first kappa shape index (κ1) is 28.2. The number of carbonyl (C=O) groups excluding carboxylic acids is 3. The maximum absolute atomic E-state index is 12.8. The van der Waals surface area contributed by atoms with E-state index in [-0.39, 0.29) is 31.3 Å². The van der Waals surface area contributed by atoms with Crippen LogP contribution >= 0.6 is 0 Å². The summed E-state index contributed by atoms with van der Waals surface area (Å²) in [5.74, 6) is -0.706. The number of alkyl carbamates (subject to hydrolysis) is 1. The molecule has 2 rings (SSSR count). The zero-order valence-corrected chi connectivity index (χ0v) is 20.8. The van der Waals surface area contributed by atoms with Crippen LogP contribution in [0.5, 0.6) is 5.75 Å². The molecule has 36 heavy (non-hydrogen) atoms. The number of hydrogen-bond donors (Lipinski definition) is 4. The molecule has 10 nitrogen and oxygen atoms in total. The quantitative estimate of drug-likeness (QED) is 0.161. The molecule has 0 bridgehead atoms. The van der Waals surface area contributed by atoms with Gasteiger partial charge in [-0.05, 0) is 50.5 Å². The number of amides is 2. The number of nitrogens with two attached hydrogens (primary N) is 1. The van der Waals surface area contributed by atoms with Gasteiger partial charge in [0.1, 0.15) is 24.0 Å². The van der Waals surface area contributed by atoms with E-state index in [9.17, 15) is 14.4 Å². The molecule has 10 heteroatoms. The fraction of sp³-hybridized carbons (Fsp3) is 0.385. The highest BCUT2D eigenvalue weighted by Gasteiger charge is 2.27. The van der Waals surface area contributed by atoms with Crippen molar-refractivity contribution in [2.24, 2.45) is 5.73 Å². The van der Waals surface area contributed by atoms with Crippen molar-refractivity contribution in [3.63, 3.8) is 0 Å². The molecule has 0 spiro atoms. The lowest BCUT2D eigenvalue weighted by molar-refractivity contribution is -0.157. The molecule has 0 aliphatic rings. The molecule has 2 aromatic rings. The monoisotopic (exact) mass is 498 g/mol. The van der Waals surface area contributed by atoms with E-state index in [2.05, 4.69) is 10.6 Å². The molecule has 0 saturated heterocycles. The molecule has 0 aromatic heterocycles. The first-order valence-corrected chi connectivity index (χ1v) is 11.6. The Morgan fingerprint density at radius 2 is 1.67 bits per heavy atom. The zero-order valence-electron chi connectivity index (χ0n) is 20.8. The highest BCUT2D eigenvalue weighted by atomic mass is 16.6. The van der Waals surface area contributed by atoms with E-state index in [0.717, 1.165) is 11.1 Å². The maximum Gasteiger partial charge on any atom is 0.408 e. The van der Waals surface area contributed by atoms with Crippen LogP contribution in [-0.2, 0) is 32.1 Å². The van der Waals surface area contributed by atoms with Gasteiger partial charge >= 0.3 is 12.1 Å². The minimum atomic E-state index is -0.945.